The van der Waals surface area contributed by atoms with Crippen LogP contribution in [0.2, 0.25) is 0 Å². The van der Waals surface area contributed by atoms with Crippen LogP contribution in [0.5, 0.6) is 0 Å². The molecule has 1 aromatic heterocycles. The van der Waals surface area contributed by atoms with Gasteiger partial charge >= 0.3 is 0 Å². The van der Waals surface area contributed by atoms with Crippen molar-refractivity contribution in [1.29, 1.82) is 0 Å². The molecule has 0 bridgehead atoms. The van der Waals surface area contributed by atoms with Crippen LogP contribution in [0.15, 0.2) is 0 Å². The molecule has 1 aliphatic heterocycles. The molecule has 1 aliphatic rings. The fourth-order valence-electron chi connectivity index (χ4n) is 2.41. The topological polar surface area (TPSA) is 53.5 Å². The minimum Gasteiger partial charge on any atom is -0.343 e. The first kappa shape index (κ1) is 15.0. The number of hydrogen-bond donors (Lipinski definition) is 0. The number of carbonyl (C=O) groups is 2. The van der Waals surface area contributed by atoms with Gasteiger partial charge in [0.25, 0.3) is 0 Å². The van der Waals surface area contributed by atoms with Gasteiger partial charge in [-0.15, -0.1) is 11.3 Å². The lowest BCUT2D eigenvalue weighted by molar-refractivity contribution is -0.133. The molecule has 110 valence electrons. The van der Waals surface area contributed by atoms with Crippen LogP contribution in [0.25, 0.3) is 0 Å². The number of likely N-dealkylation sites (tertiary alicyclic amines) is 1. The van der Waals surface area contributed by atoms with Crippen LogP contribution in [0.1, 0.15) is 30.3 Å². The van der Waals surface area contributed by atoms with Crippen molar-refractivity contribution in [1.82, 2.24) is 9.88 Å². The molecular formula is C14H21N3O2S. The number of anilines is 1. The van der Waals surface area contributed by atoms with Gasteiger partial charge in [-0.1, -0.05) is 0 Å². The lowest BCUT2D eigenvalue weighted by Crippen LogP contribution is -2.42. The Morgan fingerprint density at radius 2 is 1.90 bits per heavy atom. The summed E-state index contributed by atoms with van der Waals surface area (Å²) in [6.07, 6.45) is 1.48. The Balaban J connectivity index is 2.00. The molecule has 0 radical (unpaired) electrons. The van der Waals surface area contributed by atoms with Gasteiger partial charge in [0.1, 0.15) is 0 Å². The molecule has 6 heteroatoms. The van der Waals surface area contributed by atoms with E-state index in [9.17, 15) is 9.59 Å². The number of piperidine rings is 1. The van der Waals surface area contributed by atoms with E-state index in [0.717, 1.165) is 28.5 Å². The molecule has 0 unspecified atom stereocenters. The molecule has 2 rings (SSSR count). The summed E-state index contributed by atoms with van der Waals surface area (Å²) in [5, 5.41) is 0.763. The molecule has 2 amide bonds. The van der Waals surface area contributed by atoms with Gasteiger partial charge < -0.3 is 4.90 Å². The summed E-state index contributed by atoms with van der Waals surface area (Å²) in [6.45, 7) is 6.90. The Labute approximate surface area is 123 Å². The van der Waals surface area contributed by atoms with E-state index < -0.39 is 0 Å². The number of nitrogens with zero attached hydrogens (tertiary/aromatic N) is 3. The third-order valence-electron chi connectivity index (χ3n) is 3.92. The minimum absolute atomic E-state index is 0.000104. The average molecular weight is 295 g/mol. The number of amides is 2. The predicted octanol–water partition coefficient (Wildman–Crippen LogP) is 1.98. The van der Waals surface area contributed by atoms with Crippen molar-refractivity contribution in [3.05, 3.63) is 10.6 Å². The van der Waals surface area contributed by atoms with Gasteiger partial charge in [0.15, 0.2) is 5.13 Å². The summed E-state index contributed by atoms with van der Waals surface area (Å²) in [6, 6.07) is 0. The van der Waals surface area contributed by atoms with Crippen molar-refractivity contribution in [2.24, 2.45) is 5.92 Å². The lowest BCUT2D eigenvalue weighted by atomic mass is 9.95. The average Bonchev–Trinajstić information content (AvgIpc) is 2.77. The highest BCUT2D eigenvalue weighted by molar-refractivity contribution is 7.15. The van der Waals surface area contributed by atoms with Crippen LogP contribution in [-0.4, -0.2) is 41.8 Å². The molecule has 1 saturated heterocycles. The van der Waals surface area contributed by atoms with Crippen LogP contribution >= 0.6 is 11.3 Å². The van der Waals surface area contributed by atoms with Gasteiger partial charge in [0.2, 0.25) is 11.8 Å². The van der Waals surface area contributed by atoms with Crippen molar-refractivity contribution in [3.8, 4) is 0 Å². The van der Waals surface area contributed by atoms with Gasteiger partial charge in [-0.2, -0.15) is 0 Å². The van der Waals surface area contributed by atoms with Crippen molar-refractivity contribution in [2.75, 3.05) is 25.0 Å². The Morgan fingerprint density at radius 1 is 1.30 bits per heavy atom. The second-order valence-corrected chi connectivity index (χ2v) is 6.50. The second-order valence-electron chi connectivity index (χ2n) is 5.32. The molecule has 20 heavy (non-hydrogen) atoms. The van der Waals surface area contributed by atoms with Gasteiger partial charge in [-0.3, -0.25) is 14.5 Å². The number of hydrogen-bond acceptors (Lipinski definition) is 4. The maximum atomic E-state index is 12.5. The van der Waals surface area contributed by atoms with Crippen LogP contribution in [0.3, 0.4) is 0 Å². The van der Waals surface area contributed by atoms with Crippen LogP contribution < -0.4 is 4.90 Å². The van der Waals surface area contributed by atoms with Crippen LogP contribution in [-0.2, 0) is 9.59 Å². The molecule has 1 aromatic rings. The summed E-state index contributed by atoms with van der Waals surface area (Å²) in [5.41, 5.74) is 0.982. The monoisotopic (exact) mass is 295 g/mol. The summed E-state index contributed by atoms with van der Waals surface area (Å²) < 4.78 is 0. The zero-order chi connectivity index (χ0) is 14.9. The van der Waals surface area contributed by atoms with Crippen LogP contribution in [0.4, 0.5) is 5.13 Å². The number of carbonyl (C=O) groups excluding carboxylic acids is 2. The maximum absolute atomic E-state index is 12.5. The van der Waals surface area contributed by atoms with Crippen molar-refractivity contribution in [2.45, 2.75) is 33.6 Å². The highest BCUT2D eigenvalue weighted by Crippen LogP contribution is 2.27. The normalized spacial score (nSPS) is 16.3. The minimum atomic E-state index is 0.000104. The van der Waals surface area contributed by atoms with E-state index in [0.29, 0.717) is 13.1 Å². The molecule has 1 fully saturated rings. The first-order valence-electron chi connectivity index (χ1n) is 6.87. The SMILES string of the molecule is CC(=O)N1CCC(C(=O)N(C)c2nc(C)c(C)s2)CC1. The zero-order valence-corrected chi connectivity index (χ0v) is 13.3. The largest absolute Gasteiger partial charge is 0.343 e. The highest BCUT2D eigenvalue weighted by atomic mass is 32.1. The van der Waals surface area contributed by atoms with Gasteiger partial charge in [-0.05, 0) is 26.7 Å². The molecule has 2 heterocycles. The van der Waals surface area contributed by atoms with Crippen LogP contribution in [0, 0.1) is 19.8 Å². The van der Waals surface area contributed by atoms with Crippen molar-refractivity contribution in [3.63, 3.8) is 0 Å². The summed E-state index contributed by atoms with van der Waals surface area (Å²) in [4.78, 5) is 32.8. The molecule has 0 aliphatic carbocycles. The van der Waals surface area contributed by atoms with Gasteiger partial charge in [0, 0.05) is 37.9 Å². The third kappa shape index (κ3) is 3.00. The fraction of sp³-hybridized carbons (Fsp3) is 0.643. The van der Waals surface area contributed by atoms with Crippen molar-refractivity contribution >= 4 is 28.3 Å². The first-order chi connectivity index (χ1) is 9.40. The Morgan fingerprint density at radius 3 is 2.35 bits per heavy atom. The Kier molecular flexibility index (Phi) is 4.42. The van der Waals surface area contributed by atoms with Gasteiger partial charge in [0.05, 0.1) is 5.69 Å². The molecular weight excluding hydrogens is 274 g/mol. The molecule has 0 atom stereocenters. The summed E-state index contributed by atoms with van der Waals surface area (Å²) in [5.74, 6) is 0.206. The number of rotatable bonds is 2. The second kappa shape index (κ2) is 5.91. The number of aryl methyl sites for hydroxylation is 2. The van der Waals surface area contributed by atoms with E-state index in [2.05, 4.69) is 4.98 Å². The molecule has 0 saturated carbocycles. The molecule has 0 N–H and O–H groups in total. The van der Waals surface area contributed by atoms with E-state index in [-0.39, 0.29) is 17.7 Å². The highest BCUT2D eigenvalue weighted by Gasteiger charge is 2.29. The van der Waals surface area contributed by atoms with E-state index in [4.69, 9.17) is 0 Å². The zero-order valence-electron chi connectivity index (χ0n) is 12.5. The molecule has 5 nitrogen and oxygen atoms in total. The molecule has 0 aromatic carbocycles. The standard InChI is InChI=1S/C14H21N3O2S/c1-9-10(2)20-14(15-9)16(4)13(19)12-5-7-17(8-6-12)11(3)18/h12H,5-8H2,1-4H3. The predicted molar refractivity (Wildman–Crippen MR) is 80.0 cm³/mol. The molecule has 0 spiro atoms. The Bertz CT molecular complexity index is 499. The van der Waals surface area contributed by atoms with E-state index in [1.54, 1.807) is 30.2 Å². The summed E-state index contributed by atoms with van der Waals surface area (Å²) in [7, 11) is 1.79. The smallest absolute Gasteiger partial charge is 0.231 e. The van der Waals surface area contributed by atoms with Crippen molar-refractivity contribution < 1.29 is 9.59 Å². The quantitative estimate of drug-likeness (QED) is 0.838. The van der Waals surface area contributed by atoms with E-state index in [1.807, 2.05) is 18.7 Å². The van der Waals surface area contributed by atoms with Gasteiger partial charge in [-0.25, -0.2) is 4.98 Å². The summed E-state index contributed by atoms with van der Waals surface area (Å²) >= 11 is 1.55. The third-order valence-corrected chi connectivity index (χ3v) is 5.07. The lowest BCUT2D eigenvalue weighted by Gasteiger charge is -2.32. The fourth-order valence-corrected chi connectivity index (χ4v) is 3.29. The number of aromatic nitrogens is 1. The number of thiazole rings is 1. The Hall–Kier alpha value is -1.43. The van der Waals surface area contributed by atoms with E-state index in [1.165, 1.54) is 0 Å². The maximum Gasteiger partial charge on any atom is 0.231 e. The first-order valence-corrected chi connectivity index (χ1v) is 7.69. The van der Waals surface area contributed by atoms with E-state index >= 15 is 0 Å².